The van der Waals surface area contributed by atoms with E-state index in [1.807, 2.05) is 0 Å². The van der Waals surface area contributed by atoms with E-state index in [2.05, 4.69) is 113 Å². The van der Waals surface area contributed by atoms with Gasteiger partial charge in [-0.3, -0.25) is 0 Å². The first-order chi connectivity index (χ1) is 17.0. The highest BCUT2D eigenvalue weighted by molar-refractivity contribution is 5.82. The fourth-order valence-electron chi connectivity index (χ4n) is 8.02. The molecule has 0 heterocycles. The van der Waals surface area contributed by atoms with E-state index in [1.54, 1.807) is 27.8 Å². The Morgan fingerprint density at radius 3 is 1.62 bits per heavy atom. The molecule has 0 amide bonds. The minimum Gasteiger partial charge on any atom is -0.0645 e. The maximum absolute atomic E-state index is 2.65. The Kier molecular flexibility index (Phi) is 5.88. The summed E-state index contributed by atoms with van der Waals surface area (Å²) in [6, 6.07) is 10.3. The van der Waals surface area contributed by atoms with Crippen molar-refractivity contribution in [2.75, 3.05) is 0 Å². The molecule has 1 unspecified atom stereocenters. The minimum atomic E-state index is 0.135. The number of fused-ring (bicyclic) bond motifs is 3. The van der Waals surface area contributed by atoms with Crippen molar-refractivity contribution in [2.45, 2.75) is 126 Å². The van der Waals surface area contributed by atoms with Gasteiger partial charge in [0.25, 0.3) is 0 Å². The number of hydrogen-bond donors (Lipinski definition) is 0. The Hall–Kier alpha value is -2.08. The molecule has 0 fully saturated rings. The lowest BCUT2D eigenvalue weighted by Gasteiger charge is -2.39. The van der Waals surface area contributed by atoms with Gasteiger partial charge >= 0.3 is 0 Å². The van der Waals surface area contributed by atoms with E-state index in [-0.39, 0.29) is 21.7 Å². The molecule has 2 aromatic carbocycles. The lowest BCUT2D eigenvalue weighted by atomic mass is 9.64. The second-order valence-corrected chi connectivity index (χ2v) is 15.6. The smallest absolute Gasteiger partial charge is 0.0199 e. The Balaban J connectivity index is 1.80. The first kappa shape index (κ1) is 26.5. The quantitative estimate of drug-likeness (QED) is 0.389. The fraction of sp³-hybridized carbons (Fsp3) is 0.568. The maximum atomic E-state index is 2.65. The first-order valence-electron chi connectivity index (χ1n) is 14.7. The zero-order chi connectivity index (χ0) is 27.3. The average Bonchev–Trinajstić information content (AvgIpc) is 3.41. The van der Waals surface area contributed by atoms with Gasteiger partial charge in [-0.05, 0) is 106 Å². The maximum Gasteiger partial charge on any atom is 0.0199 e. The Labute approximate surface area is 227 Å². The molecule has 0 nitrogen and oxygen atoms in total. The summed E-state index contributed by atoms with van der Waals surface area (Å²) >= 11 is 0. The topological polar surface area (TPSA) is 0 Å². The third kappa shape index (κ3) is 4.00. The highest BCUT2D eigenvalue weighted by atomic mass is 14.5. The number of benzene rings is 2. The molecule has 0 saturated carbocycles. The molecule has 0 N–H and O–H groups in total. The van der Waals surface area contributed by atoms with E-state index in [0.29, 0.717) is 5.92 Å². The van der Waals surface area contributed by atoms with Crippen molar-refractivity contribution >= 4 is 0 Å². The van der Waals surface area contributed by atoms with Crippen LogP contribution in [-0.2, 0) is 10.8 Å². The standard InChI is InChI=1S/C37H50/c1-13-37(15-14-24-18-25(19-32(24)37)34(4,5)6)33-28-16-22(2)30(35(7,8)9)20-26(28)27-21-31(36(10,11)12)23(3)17-29(27)33/h16-17,19-21,33H,13-15,18H2,1-12H3. The van der Waals surface area contributed by atoms with Crippen LogP contribution in [0.25, 0.3) is 11.1 Å². The summed E-state index contributed by atoms with van der Waals surface area (Å²) in [5.74, 6) is 0.436. The molecule has 0 spiro atoms. The van der Waals surface area contributed by atoms with Crippen LogP contribution in [0.15, 0.2) is 47.1 Å². The van der Waals surface area contributed by atoms with E-state index >= 15 is 0 Å². The van der Waals surface area contributed by atoms with Crippen molar-refractivity contribution in [1.82, 2.24) is 0 Å². The first-order valence-corrected chi connectivity index (χ1v) is 14.7. The van der Waals surface area contributed by atoms with E-state index < -0.39 is 0 Å². The normalized spacial score (nSPS) is 21.9. The van der Waals surface area contributed by atoms with Gasteiger partial charge in [-0.2, -0.15) is 0 Å². The van der Waals surface area contributed by atoms with Crippen LogP contribution in [0.3, 0.4) is 0 Å². The van der Waals surface area contributed by atoms with Crippen LogP contribution in [0, 0.1) is 24.7 Å². The van der Waals surface area contributed by atoms with E-state index in [0.717, 1.165) is 0 Å². The highest BCUT2D eigenvalue weighted by Gasteiger charge is 2.51. The summed E-state index contributed by atoms with van der Waals surface area (Å²) in [5, 5.41) is 0. The summed E-state index contributed by atoms with van der Waals surface area (Å²) in [6.45, 7) is 28.5. The lowest BCUT2D eigenvalue weighted by molar-refractivity contribution is 0.303. The summed E-state index contributed by atoms with van der Waals surface area (Å²) < 4.78 is 0. The van der Waals surface area contributed by atoms with Crippen molar-refractivity contribution in [3.8, 4) is 11.1 Å². The van der Waals surface area contributed by atoms with Crippen LogP contribution in [0.2, 0.25) is 0 Å². The lowest BCUT2D eigenvalue weighted by Crippen LogP contribution is -2.28. The van der Waals surface area contributed by atoms with Crippen molar-refractivity contribution in [3.63, 3.8) is 0 Å². The minimum absolute atomic E-state index is 0.135. The highest BCUT2D eigenvalue weighted by Crippen LogP contribution is 2.65. The largest absolute Gasteiger partial charge is 0.0645 e. The fourth-order valence-corrected chi connectivity index (χ4v) is 8.02. The van der Waals surface area contributed by atoms with Gasteiger partial charge < -0.3 is 0 Å². The molecule has 3 aliphatic carbocycles. The SMILES string of the molecule is CCC1(C2c3cc(C)c(C(C)(C)C)cc3-c3cc(C(C)(C)C)c(C)cc32)CCC2=C1C=C(C(C)(C)C)C2. The van der Waals surface area contributed by atoms with Gasteiger partial charge in [0.05, 0.1) is 0 Å². The molecule has 198 valence electrons. The zero-order valence-corrected chi connectivity index (χ0v) is 25.8. The molecule has 0 heteroatoms. The molecule has 2 aromatic rings. The van der Waals surface area contributed by atoms with Crippen LogP contribution < -0.4 is 0 Å². The number of hydrogen-bond acceptors (Lipinski definition) is 0. The van der Waals surface area contributed by atoms with Crippen LogP contribution in [-0.4, -0.2) is 0 Å². The van der Waals surface area contributed by atoms with Gasteiger partial charge in [0.15, 0.2) is 0 Å². The van der Waals surface area contributed by atoms with E-state index in [4.69, 9.17) is 0 Å². The summed E-state index contributed by atoms with van der Waals surface area (Å²) in [7, 11) is 0. The predicted molar refractivity (Wildman–Crippen MR) is 162 cm³/mol. The molecule has 0 aliphatic heterocycles. The third-order valence-electron chi connectivity index (χ3n) is 9.98. The van der Waals surface area contributed by atoms with E-state index in [1.165, 1.54) is 59.1 Å². The van der Waals surface area contributed by atoms with Gasteiger partial charge in [0.1, 0.15) is 0 Å². The molecular formula is C37H50. The molecule has 3 aliphatic rings. The van der Waals surface area contributed by atoms with E-state index in [9.17, 15) is 0 Å². The predicted octanol–water partition coefficient (Wildman–Crippen LogP) is 10.9. The molecule has 1 atom stereocenters. The van der Waals surface area contributed by atoms with Crippen LogP contribution >= 0.6 is 0 Å². The second kappa shape index (κ2) is 8.21. The molecule has 0 aromatic heterocycles. The average molecular weight is 495 g/mol. The zero-order valence-electron chi connectivity index (χ0n) is 25.8. The van der Waals surface area contributed by atoms with Gasteiger partial charge in [0.2, 0.25) is 0 Å². The monoisotopic (exact) mass is 494 g/mol. The van der Waals surface area contributed by atoms with Crippen LogP contribution in [0.5, 0.6) is 0 Å². The molecule has 5 rings (SSSR count). The Morgan fingerprint density at radius 2 is 1.22 bits per heavy atom. The van der Waals surface area contributed by atoms with Crippen LogP contribution in [0.4, 0.5) is 0 Å². The van der Waals surface area contributed by atoms with Gasteiger partial charge in [-0.25, -0.2) is 0 Å². The van der Waals surface area contributed by atoms with Crippen LogP contribution in [0.1, 0.15) is 134 Å². The van der Waals surface area contributed by atoms with Crippen molar-refractivity contribution < 1.29 is 0 Å². The van der Waals surface area contributed by atoms with Gasteiger partial charge in [-0.15, -0.1) is 0 Å². The number of aryl methyl sites for hydroxylation is 2. The third-order valence-corrected chi connectivity index (χ3v) is 9.98. The summed E-state index contributed by atoms with van der Waals surface area (Å²) in [6.07, 6.45) is 7.58. The van der Waals surface area contributed by atoms with Gasteiger partial charge in [0, 0.05) is 11.3 Å². The van der Waals surface area contributed by atoms with Crippen molar-refractivity contribution in [2.24, 2.45) is 10.8 Å². The second-order valence-electron chi connectivity index (χ2n) is 15.6. The Bertz CT molecular complexity index is 1270. The molecule has 37 heavy (non-hydrogen) atoms. The molecule has 0 bridgehead atoms. The molecule has 0 radical (unpaired) electrons. The molecular weight excluding hydrogens is 444 g/mol. The number of allylic oxidation sites excluding steroid dienone is 4. The number of rotatable bonds is 2. The summed E-state index contributed by atoms with van der Waals surface area (Å²) in [5.41, 5.74) is 17.8. The van der Waals surface area contributed by atoms with Crippen molar-refractivity contribution in [1.29, 1.82) is 0 Å². The van der Waals surface area contributed by atoms with Crippen molar-refractivity contribution in [3.05, 3.63) is 80.4 Å². The summed E-state index contributed by atoms with van der Waals surface area (Å²) in [4.78, 5) is 0. The van der Waals surface area contributed by atoms with Gasteiger partial charge in [-0.1, -0.05) is 111 Å². The Morgan fingerprint density at radius 1 is 0.730 bits per heavy atom. The molecule has 0 saturated heterocycles.